The smallest absolute Gasteiger partial charge is 0.225 e. The molecule has 2 rings (SSSR count). The summed E-state index contributed by atoms with van der Waals surface area (Å²) in [5.41, 5.74) is 1.14. The van der Waals surface area contributed by atoms with E-state index in [-0.39, 0.29) is 0 Å². The number of rotatable bonds is 6. The Bertz CT molecular complexity index is 385. The molecule has 5 heteroatoms. The number of ether oxygens (including phenoxy) is 1. The first-order valence-corrected chi connectivity index (χ1v) is 7.47. The van der Waals surface area contributed by atoms with Gasteiger partial charge in [-0.05, 0) is 18.8 Å². The van der Waals surface area contributed by atoms with Crippen LogP contribution in [-0.2, 0) is 11.3 Å². The van der Waals surface area contributed by atoms with E-state index in [4.69, 9.17) is 4.74 Å². The quantitative estimate of drug-likeness (QED) is 0.860. The van der Waals surface area contributed by atoms with Gasteiger partial charge in [-0.1, -0.05) is 13.8 Å². The predicted molar refractivity (Wildman–Crippen MR) is 80.8 cm³/mol. The van der Waals surface area contributed by atoms with Crippen molar-refractivity contribution in [1.82, 2.24) is 15.3 Å². The normalized spacial score (nSPS) is 16.9. The molecule has 1 N–H and O–H groups in total. The monoisotopic (exact) mass is 278 g/mol. The van der Waals surface area contributed by atoms with Gasteiger partial charge in [0.2, 0.25) is 5.95 Å². The fraction of sp³-hybridized carbons (Fsp3) is 0.733. The van der Waals surface area contributed by atoms with Crippen LogP contribution >= 0.6 is 0 Å². The van der Waals surface area contributed by atoms with E-state index in [1.54, 1.807) is 7.11 Å². The Morgan fingerprint density at radius 2 is 1.95 bits per heavy atom. The number of piperidine rings is 1. The van der Waals surface area contributed by atoms with E-state index in [0.29, 0.717) is 12.0 Å². The van der Waals surface area contributed by atoms with E-state index in [1.807, 2.05) is 12.4 Å². The lowest BCUT2D eigenvalue weighted by Gasteiger charge is -2.31. The van der Waals surface area contributed by atoms with Gasteiger partial charge in [-0.15, -0.1) is 0 Å². The molecule has 112 valence electrons. The van der Waals surface area contributed by atoms with Crippen molar-refractivity contribution in [3.63, 3.8) is 0 Å². The number of aromatic nitrogens is 2. The van der Waals surface area contributed by atoms with Crippen LogP contribution in [0.3, 0.4) is 0 Å². The molecule has 0 aliphatic carbocycles. The topological polar surface area (TPSA) is 50.3 Å². The number of hydrogen-bond acceptors (Lipinski definition) is 5. The number of hydrogen-bond donors (Lipinski definition) is 1. The second-order valence-corrected chi connectivity index (χ2v) is 5.81. The van der Waals surface area contributed by atoms with Crippen molar-refractivity contribution in [3.8, 4) is 0 Å². The first-order chi connectivity index (χ1) is 9.69. The lowest BCUT2D eigenvalue weighted by atomic mass is 9.98. The third-order valence-corrected chi connectivity index (χ3v) is 3.71. The van der Waals surface area contributed by atoms with Gasteiger partial charge >= 0.3 is 0 Å². The van der Waals surface area contributed by atoms with Gasteiger partial charge in [-0.3, -0.25) is 0 Å². The zero-order valence-corrected chi connectivity index (χ0v) is 12.8. The molecule has 1 aromatic rings. The molecule has 1 aliphatic heterocycles. The first-order valence-electron chi connectivity index (χ1n) is 7.47. The van der Waals surface area contributed by atoms with Crippen LogP contribution in [-0.4, -0.2) is 42.8 Å². The minimum Gasteiger partial charge on any atom is -0.384 e. The number of methoxy groups -OCH3 is 1. The highest BCUT2D eigenvalue weighted by atomic mass is 16.5. The minimum absolute atomic E-state index is 0.481. The van der Waals surface area contributed by atoms with Gasteiger partial charge in [0, 0.05) is 57.3 Å². The maximum Gasteiger partial charge on any atom is 0.225 e. The average molecular weight is 278 g/mol. The summed E-state index contributed by atoms with van der Waals surface area (Å²) in [5, 5.41) is 3.37. The van der Waals surface area contributed by atoms with E-state index in [1.165, 1.54) is 0 Å². The van der Waals surface area contributed by atoms with Crippen LogP contribution in [0, 0.1) is 5.92 Å². The average Bonchev–Trinajstić information content (AvgIpc) is 2.47. The van der Waals surface area contributed by atoms with Gasteiger partial charge in [-0.2, -0.15) is 0 Å². The van der Waals surface area contributed by atoms with E-state index in [0.717, 1.165) is 50.6 Å². The number of nitrogens with one attached hydrogen (secondary N) is 1. The fourth-order valence-corrected chi connectivity index (χ4v) is 2.46. The molecule has 20 heavy (non-hydrogen) atoms. The molecular formula is C15H26N4O. The van der Waals surface area contributed by atoms with Crippen LogP contribution in [0.15, 0.2) is 12.4 Å². The standard InChI is InChI=1S/C15H26N4O/c1-12(2)16-8-14-9-17-15(18-10-14)19-6-4-13(5-7-19)11-20-3/h9-10,12-13,16H,4-8,11H2,1-3H3. The van der Waals surface area contributed by atoms with Crippen LogP contribution in [0.25, 0.3) is 0 Å². The summed E-state index contributed by atoms with van der Waals surface area (Å²) in [6.07, 6.45) is 6.18. The molecule has 0 bridgehead atoms. The van der Waals surface area contributed by atoms with E-state index < -0.39 is 0 Å². The van der Waals surface area contributed by atoms with Crippen molar-refractivity contribution >= 4 is 5.95 Å². The molecule has 0 amide bonds. The first kappa shape index (κ1) is 15.2. The Balaban J connectivity index is 1.84. The summed E-state index contributed by atoms with van der Waals surface area (Å²) >= 11 is 0. The summed E-state index contributed by atoms with van der Waals surface area (Å²) in [5.74, 6) is 1.54. The molecule has 1 aliphatic rings. The van der Waals surface area contributed by atoms with Crippen molar-refractivity contribution in [2.24, 2.45) is 5.92 Å². The Hall–Kier alpha value is -1.20. The van der Waals surface area contributed by atoms with Crippen LogP contribution < -0.4 is 10.2 Å². The van der Waals surface area contributed by atoms with E-state index >= 15 is 0 Å². The van der Waals surface area contributed by atoms with Crippen molar-refractivity contribution < 1.29 is 4.74 Å². The minimum atomic E-state index is 0.481. The highest BCUT2D eigenvalue weighted by Crippen LogP contribution is 2.20. The Morgan fingerprint density at radius 3 is 2.50 bits per heavy atom. The molecule has 0 aromatic carbocycles. The second kappa shape index (κ2) is 7.55. The maximum absolute atomic E-state index is 5.23. The highest BCUT2D eigenvalue weighted by molar-refractivity contribution is 5.30. The molecule has 1 aromatic heterocycles. The third-order valence-electron chi connectivity index (χ3n) is 3.71. The molecule has 5 nitrogen and oxygen atoms in total. The summed E-state index contributed by atoms with van der Waals surface area (Å²) in [7, 11) is 1.78. The lowest BCUT2D eigenvalue weighted by molar-refractivity contribution is 0.139. The molecule has 0 unspecified atom stereocenters. The second-order valence-electron chi connectivity index (χ2n) is 5.81. The largest absolute Gasteiger partial charge is 0.384 e. The fourth-order valence-electron chi connectivity index (χ4n) is 2.46. The maximum atomic E-state index is 5.23. The molecule has 2 heterocycles. The Labute approximate surface area is 121 Å². The van der Waals surface area contributed by atoms with Crippen LogP contribution in [0.4, 0.5) is 5.95 Å². The highest BCUT2D eigenvalue weighted by Gasteiger charge is 2.20. The van der Waals surface area contributed by atoms with Crippen molar-refractivity contribution in [2.75, 3.05) is 31.7 Å². The summed E-state index contributed by atoms with van der Waals surface area (Å²) in [6.45, 7) is 8.02. The zero-order chi connectivity index (χ0) is 14.4. The summed E-state index contributed by atoms with van der Waals surface area (Å²) in [4.78, 5) is 11.3. The lowest BCUT2D eigenvalue weighted by Crippen LogP contribution is -2.36. The van der Waals surface area contributed by atoms with Gasteiger partial charge in [0.05, 0.1) is 0 Å². The van der Waals surface area contributed by atoms with Crippen LogP contribution in [0.1, 0.15) is 32.3 Å². The molecule has 0 atom stereocenters. The van der Waals surface area contributed by atoms with Crippen molar-refractivity contribution in [1.29, 1.82) is 0 Å². The van der Waals surface area contributed by atoms with Crippen LogP contribution in [0.2, 0.25) is 0 Å². The van der Waals surface area contributed by atoms with Gasteiger partial charge in [0.15, 0.2) is 0 Å². The third kappa shape index (κ3) is 4.42. The number of anilines is 1. The van der Waals surface area contributed by atoms with Crippen molar-refractivity contribution in [3.05, 3.63) is 18.0 Å². The molecule has 1 fully saturated rings. The Morgan fingerprint density at radius 1 is 1.30 bits per heavy atom. The molecule has 0 radical (unpaired) electrons. The molecule has 0 saturated carbocycles. The molecule has 1 saturated heterocycles. The Kier molecular flexibility index (Phi) is 5.73. The molecule has 0 spiro atoms. The van der Waals surface area contributed by atoms with Gasteiger partial charge in [-0.25, -0.2) is 9.97 Å². The van der Waals surface area contributed by atoms with Gasteiger partial charge in [0.25, 0.3) is 0 Å². The summed E-state index contributed by atoms with van der Waals surface area (Å²) in [6, 6.07) is 0.481. The van der Waals surface area contributed by atoms with Gasteiger partial charge in [0.1, 0.15) is 0 Å². The van der Waals surface area contributed by atoms with E-state index in [9.17, 15) is 0 Å². The SMILES string of the molecule is COCC1CCN(c2ncc(CNC(C)C)cn2)CC1. The van der Waals surface area contributed by atoms with Crippen LogP contribution in [0.5, 0.6) is 0 Å². The molecular weight excluding hydrogens is 252 g/mol. The van der Waals surface area contributed by atoms with E-state index in [2.05, 4.69) is 34.0 Å². The number of nitrogens with zero attached hydrogens (tertiary/aromatic N) is 3. The van der Waals surface area contributed by atoms with Crippen molar-refractivity contribution in [2.45, 2.75) is 39.3 Å². The predicted octanol–water partition coefficient (Wildman–Crippen LogP) is 1.84. The summed E-state index contributed by atoms with van der Waals surface area (Å²) < 4.78 is 5.23. The zero-order valence-electron chi connectivity index (χ0n) is 12.8. The van der Waals surface area contributed by atoms with Gasteiger partial charge < -0.3 is 15.0 Å².